The van der Waals surface area contributed by atoms with Crippen molar-refractivity contribution in [2.75, 3.05) is 9.80 Å². The van der Waals surface area contributed by atoms with Gasteiger partial charge in [-0.2, -0.15) is 0 Å². The van der Waals surface area contributed by atoms with Crippen molar-refractivity contribution in [2.24, 2.45) is 0 Å². The highest BCUT2D eigenvalue weighted by atomic mass is 15.2. The van der Waals surface area contributed by atoms with E-state index in [0.717, 1.165) is 46.1 Å². The number of hydrogen-bond donors (Lipinski definition) is 0. The molecule has 0 spiro atoms. The molecule has 1 unspecified atom stereocenters. The Kier molecular flexibility index (Phi) is 9.99. The molecule has 334 valence electrons. The highest BCUT2D eigenvalue weighted by Crippen LogP contribution is 2.52. The molecule has 1 aromatic heterocycles. The van der Waals surface area contributed by atoms with Crippen molar-refractivity contribution in [1.82, 2.24) is 4.57 Å². The first kappa shape index (κ1) is 41.5. The van der Waals surface area contributed by atoms with Crippen LogP contribution in [0.5, 0.6) is 0 Å². The largest absolute Gasteiger partial charge is 0.312 e. The number of allylic oxidation sites excluding steroid dienone is 1. The van der Waals surface area contributed by atoms with Crippen molar-refractivity contribution < 1.29 is 0 Å². The molecule has 0 radical (unpaired) electrons. The molecular weight excluding hydrogens is 847 g/mol. The summed E-state index contributed by atoms with van der Waals surface area (Å²) in [5, 5.41) is 3.74. The second-order valence-corrected chi connectivity index (χ2v) is 19.3. The number of nitrogens with zero attached hydrogens (tertiary/aromatic N) is 3. The third-order valence-corrected chi connectivity index (χ3v) is 14.8. The molecule has 0 bridgehead atoms. The van der Waals surface area contributed by atoms with Crippen LogP contribution in [0.25, 0.3) is 44.1 Å². The lowest BCUT2D eigenvalue weighted by atomic mass is 9.81. The standard InChI is InChI=1S/C67H51N3/c1-67(2)62-35-21-20-34-58(62)59-39-37-54(45-63(59)67)69(52-29-14-6-15-30-52)56-41-49(40-55(44-56)68(50-25-10-4-11-26-50)51-27-12-5-13-28-51)61-42-48(46-22-8-3-9-23-46)43-64-65(61)60-38-36-47-24-18-19-33-57(47)66(60)70(64)53-31-16-7-17-32-53/h3-42,44-45,48H,43H2,1-2H3. The van der Waals surface area contributed by atoms with Gasteiger partial charge in [-0.25, -0.2) is 0 Å². The molecule has 1 atom stereocenters. The highest BCUT2D eigenvalue weighted by molar-refractivity contribution is 6.13. The molecule has 0 N–H and O–H groups in total. The summed E-state index contributed by atoms with van der Waals surface area (Å²) in [4.78, 5) is 4.89. The SMILES string of the molecule is CC1(C)c2ccccc2-c2ccc(N(c3ccccc3)c3cc(C4=CC(c5ccccc5)Cc5c4c4ccc6ccccc6c4n5-c4ccccc4)cc(N(c4ccccc4)c4ccccc4)c3)cc21. The molecule has 0 saturated carbocycles. The molecule has 2 aliphatic carbocycles. The predicted molar refractivity (Wildman–Crippen MR) is 294 cm³/mol. The molecule has 2 aliphatic rings. The number of hydrogen-bond acceptors (Lipinski definition) is 2. The number of benzene rings is 10. The van der Waals surface area contributed by atoms with Crippen LogP contribution in [0.1, 0.15) is 53.3 Å². The maximum atomic E-state index is 2.57. The summed E-state index contributed by atoms with van der Waals surface area (Å²) >= 11 is 0. The fraction of sp³-hybridized carbons (Fsp3) is 0.0746. The zero-order valence-corrected chi connectivity index (χ0v) is 39.4. The van der Waals surface area contributed by atoms with Crippen molar-refractivity contribution in [2.45, 2.75) is 31.6 Å². The minimum atomic E-state index is -0.165. The summed E-state index contributed by atoms with van der Waals surface area (Å²) < 4.78 is 2.57. The van der Waals surface area contributed by atoms with Crippen molar-refractivity contribution in [3.63, 3.8) is 0 Å². The lowest BCUT2D eigenvalue weighted by molar-refractivity contribution is 0.660. The first-order valence-corrected chi connectivity index (χ1v) is 24.5. The van der Waals surface area contributed by atoms with Gasteiger partial charge in [-0.05, 0) is 130 Å². The summed E-state index contributed by atoms with van der Waals surface area (Å²) in [6.07, 6.45) is 3.43. The highest BCUT2D eigenvalue weighted by Gasteiger charge is 2.36. The molecule has 3 nitrogen and oxygen atoms in total. The molecule has 1 heterocycles. The molecule has 0 aliphatic heterocycles. The Labute approximate surface area is 410 Å². The van der Waals surface area contributed by atoms with E-state index in [2.05, 4.69) is 283 Å². The van der Waals surface area contributed by atoms with Crippen LogP contribution in [0.2, 0.25) is 0 Å². The first-order valence-electron chi connectivity index (χ1n) is 24.5. The smallest absolute Gasteiger partial charge is 0.0616 e. The molecule has 0 amide bonds. The molecular formula is C67H51N3. The van der Waals surface area contributed by atoms with Crippen LogP contribution in [0.4, 0.5) is 34.1 Å². The van der Waals surface area contributed by atoms with Crippen molar-refractivity contribution in [3.05, 3.63) is 288 Å². The Hall–Kier alpha value is -8.66. The zero-order valence-electron chi connectivity index (χ0n) is 39.4. The average molecular weight is 898 g/mol. The summed E-state index contributed by atoms with van der Waals surface area (Å²) in [5.74, 6) is 0.124. The third kappa shape index (κ3) is 6.88. The van der Waals surface area contributed by atoms with Gasteiger partial charge in [-0.1, -0.05) is 190 Å². The third-order valence-electron chi connectivity index (χ3n) is 14.8. The van der Waals surface area contributed by atoms with Crippen LogP contribution in [-0.2, 0) is 11.8 Å². The molecule has 11 aromatic rings. The van der Waals surface area contributed by atoms with E-state index < -0.39 is 0 Å². The Balaban J connectivity index is 1.12. The van der Waals surface area contributed by atoms with Crippen molar-refractivity contribution in [3.8, 4) is 16.8 Å². The van der Waals surface area contributed by atoms with Gasteiger partial charge in [0.05, 0.1) is 5.52 Å². The monoisotopic (exact) mass is 897 g/mol. The van der Waals surface area contributed by atoms with E-state index in [0.29, 0.717) is 0 Å². The predicted octanol–water partition coefficient (Wildman–Crippen LogP) is 17.8. The minimum Gasteiger partial charge on any atom is -0.312 e. The molecule has 0 saturated heterocycles. The molecule has 0 fully saturated rings. The number of aromatic nitrogens is 1. The van der Waals surface area contributed by atoms with E-state index in [1.54, 1.807) is 0 Å². The van der Waals surface area contributed by atoms with E-state index in [9.17, 15) is 0 Å². The van der Waals surface area contributed by atoms with Crippen molar-refractivity contribution >= 4 is 61.4 Å². The fourth-order valence-electron chi connectivity index (χ4n) is 11.6. The molecule has 70 heavy (non-hydrogen) atoms. The second-order valence-electron chi connectivity index (χ2n) is 19.3. The van der Waals surface area contributed by atoms with Gasteiger partial charge in [0.1, 0.15) is 0 Å². The van der Waals surface area contributed by atoms with E-state index in [1.807, 2.05) is 0 Å². The molecule has 3 heteroatoms. The van der Waals surface area contributed by atoms with Gasteiger partial charge in [0.25, 0.3) is 0 Å². The zero-order chi connectivity index (χ0) is 46.8. The normalized spacial score (nSPS) is 14.4. The molecule has 13 rings (SSSR count). The van der Waals surface area contributed by atoms with Crippen LogP contribution in [0.3, 0.4) is 0 Å². The number of anilines is 6. The maximum absolute atomic E-state index is 2.57. The van der Waals surface area contributed by atoms with Gasteiger partial charge in [0.2, 0.25) is 0 Å². The van der Waals surface area contributed by atoms with E-state index in [4.69, 9.17) is 0 Å². The quantitative estimate of drug-likeness (QED) is 0.143. The van der Waals surface area contributed by atoms with Crippen LogP contribution >= 0.6 is 0 Å². The van der Waals surface area contributed by atoms with Crippen LogP contribution in [-0.4, -0.2) is 4.57 Å². The second kappa shape index (κ2) is 16.8. The Morgan fingerprint density at radius 1 is 0.429 bits per heavy atom. The summed E-state index contributed by atoms with van der Waals surface area (Å²) in [6.45, 7) is 4.74. The number of rotatable bonds is 9. The first-order chi connectivity index (χ1) is 34.5. The summed E-state index contributed by atoms with van der Waals surface area (Å²) in [7, 11) is 0. The Morgan fingerprint density at radius 3 is 1.63 bits per heavy atom. The van der Waals surface area contributed by atoms with E-state index in [1.165, 1.54) is 72.0 Å². The van der Waals surface area contributed by atoms with Gasteiger partial charge >= 0.3 is 0 Å². The van der Waals surface area contributed by atoms with Crippen LogP contribution in [0.15, 0.2) is 255 Å². The lowest BCUT2D eigenvalue weighted by Gasteiger charge is -2.32. The van der Waals surface area contributed by atoms with Gasteiger partial charge in [-0.15, -0.1) is 0 Å². The Bertz CT molecular complexity index is 3720. The van der Waals surface area contributed by atoms with E-state index in [-0.39, 0.29) is 11.3 Å². The van der Waals surface area contributed by atoms with Crippen LogP contribution < -0.4 is 9.80 Å². The van der Waals surface area contributed by atoms with Gasteiger partial charge in [0.15, 0.2) is 0 Å². The van der Waals surface area contributed by atoms with Gasteiger partial charge in [0, 0.05) is 73.2 Å². The van der Waals surface area contributed by atoms with Gasteiger partial charge < -0.3 is 14.4 Å². The summed E-state index contributed by atoms with van der Waals surface area (Å²) in [6, 6.07) is 91.5. The fourth-order valence-corrected chi connectivity index (χ4v) is 11.6. The number of fused-ring (bicyclic) bond motifs is 8. The average Bonchev–Trinajstić information content (AvgIpc) is 3.88. The van der Waals surface area contributed by atoms with Crippen LogP contribution in [0, 0.1) is 0 Å². The summed E-state index contributed by atoms with van der Waals surface area (Å²) in [5.41, 5.74) is 20.4. The van der Waals surface area contributed by atoms with Gasteiger partial charge in [-0.3, -0.25) is 0 Å². The maximum Gasteiger partial charge on any atom is 0.0616 e. The minimum absolute atomic E-state index is 0.124. The van der Waals surface area contributed by atoms with Crippen molar-refractivity contribution in [1.29, 1.82) is 0 Å². The number of para-hydroxylation sites is 4. The Morgan fingerprint density at radius 2 is 0.971 bits per heavy atom. The topological polar surface area (TPSA) is 11.4 Å². The molecule has 10 aromatic carbocycles. The lowest BCUT2D eigenvalue weighted by Crippen LogP contribution is -2.17. The van der Waals surface area contributed by atoms with E-state index >= 15 is 0 Å².